The predicted molar refractivity (Wildman–Crippen MR) is 87.4 cm³/mol. The van der Waals surface area contributed by atoms with Crippen molar-refractivity contribution in [2.24, 2.45) is 0 Å². The van der Waals surface area contributed by atoms with Gasteiger partial charge < -0.3 is 5.32 Å². The van der Waals surface area contributed by atoms with Crippen LogP contribution in [0, 0.1) is 0 Å². The second kappa shape index (κ2) is 6.44. The van der Waals surface area contributed by atoms with Crippen LogP contribution in [-0.2, 0) is 9.59 Å². The van der Waals surface area contributed by atoms with Crippen LogP contribution in [-0.4, -0.2) is 23.9 Å². The predicted octanol–water partition coefficient (Wildman–Crippen LogP) is 2.88. The Kier molecular flexibility index (Phi) is 4.39. The Labute approximate surface area is 131 Å². The Morgan fingerprint density at radius 2 is 1.77 bits per heavy atom. The highest BCUT2D eigenvalue weighted by molar-refractivity contribution is 6.22. The lowest BCUT2D eigenvalue weighted by molar-refractivity contribution is -0.121. The molecule has 1 aliphatic carbocycles. The molecule has 3 rings (SSSR count). The van der Waals surface area contributed by atoms with E-state index in [-0.39, 0.29) is 24.3 Å². The summed E-state index contributed by atoms with van der Waals surface area (Å²) in [6, 6.07) is 7.34. The van der Waals surface area contributed by atoms with Gasteiger partial charge in [-0.1, -0.05) is 44.1 Å². The van der Waals surface area contributed by atoms with E-state index < -0.39 is 0 Å². The van der Waals surface area contributed by atoms with Crippen molar-refractivity contribution in [3.63, 3.8) is 0 Å². The van der Waals surface area contributed by atoms with Gasteiger partial charge in [-0.3, -0.25) is 9.59 Å². The number of rotatable bonds is 4. The van der Waals surface area contributed by atoms with Gasteiger partial charge in [0.05, 0.1) is 18.2 Å². The molecule has 0 aromatic heterocycles. The summed E-state index contributed by atoms with van der Waals surface area (Å²) in [6.45, 7) is 3.71. The summed E-state index contributed by atoms with van der Waals surface area (Å²) in [5.41, 5.74) is 1.62. The van der Waals surface area contributed by atoms with Crippen molar-refractivity contribution in [1.29, 1.82) is 0 Å². The largest absolute Gasteiger partial charge is 0.303 e. The third-order valence-corrected chi connectivity index (χ3v) is 4.58. The molecule has 1 aromatic rings. The summed E-state index contributed by atoms with van der Waals surface area (Å²) < 4.78 is 0. The highest BCUT2D eigenvalue weighted by Gasteiger charge is 2.40. The zero-order valence-corrected chi connectivity index (χ0v) is 12.8. The van der Waals surface area contributed by atoms with Crippen LogP contribution in [0.5, 0.6) is 0 Å². The van der Waals surface area contributed by atoms with Gasteiger partial charge in [0.2, 0.25) is 5.91 Å². The monoisotopic (exact) mass is 298 g/mol. The molecular weight excluding hydrogens is 276 g/mol. The second-order valence-electron chi connectivity index (χ2n) is 6.12. The third kappa shape index (κ3) is 2.97. The van der Waals surface area contributed by atoms with E-state index in [0.717, 1.165) is 18.4 Å². The first-order valence-electron chi connectivity index (χ1n) is 8.04. The summed E-state index contributed by atoms with van der Waals surface area (Å²) >= 11 is 0. The molecule has 1 heterocycles. The molecule has 0 bridgehead atoms. The molecule has 4 heteroatoms. The van der Waals surface area contributed by atoms with E-state index in [1.165, 1.54) is 24.2 Å². The Balaban J connectivity index is 1.71. The van der Waals surface area contributed by atoms with Crippen molar-refractivity contribution in [3.8, 4) is 0 Å². The van der Waals surface area contributed by atoms with E-state index in [9.17, 15) is 9.59 Å². The highest BCUT2D eigenvalue weighted by Crippen LogP contribution is 2.25. The minimum atomic E-state index is -0.366. The van der Waals surface area contributed by atoms with Gasteiger partial charge in [-0.05, 0) is 30.5 Å². The van der Waals surface area contributed by atoms with Gasteiger partial charge in [-0.25, -0.2) is 4.90 Å². The van der Waals surface area contributed by atoms with Gasteiger partial charge in [-0.15, -0.1) is 0 Å². The first kappa shape index (κ1) is 15.0. The average molecular weight is 298 g/mol. The van der Waals surface area contributed by atoms with Gasteiger partial charge in [0.1, 0.15) is 0 Å². The summed E-state index contributed by atoms with van der Waals surface area (Å²) in [5, 5.41) is 3.39. The first-order chi connectivity index (χ1) is 10.7. The number of carbonyl (C=O) groups excluding carboxylic acids is 2. The van der Waals surface area contributed by atoms with E-state index in [0.29, 0.717) is 11.7 Å². The quantitative estimate of drug-likeness (QED) is 0.870. The number of carbonyl (C=O) groups is 2. The highest BCUT2D eigenvalue weighted by atomic mass is 16.2. The van der Waals surface area contributed by atoms with E-state index in [2.05, 4.69) is 11.9 Å². The van der Waals surface area contributed by atoms with E-state index in [1.807, 2.05) is 12.1 Å². The van der Waals surface area contributed by atoms with Crippen LogP contribution in [0.3, 0.4) is 0 Å². The molecule has 1 aliphatic heterocycles. The molecule has 0 spiro atoms. The van der Waals surface area contributed by atoms with E-state index in [1.54, 1.807) is 18.2 Å². The van der Waals surface area contributed by atoms with Crippen molar-refractivity contribution in [2.45, 2.75) is 50.6 Å². The second-order valence-corrected chi connectivity index (χ2v) is 6.12. The Morgan fingerprint density at radius 1 is 1.09 bits per heavy atom. The Morgan fingerprint density at radius 3 is 2.41 bits per heavy atom. The molecule has 1 N–H and O–H groups in total. The zero-order chi connectivity index (χ0) is 15.5. The fourth-order valence-corrected chi connectivity index (χ4v) is 3.35. The molecule has 1 unspecified atom stereocenters. The number of hydrogen-bond donors (Lipinski definition) is 1. The maximum Gasteiger partial charge on any atom is 0.251 e. The molecule has 22 heavy (non-hydrogen) atoms. The standard InChI is InChI=1S/C18H22N2O2/c1-2-13-8-10-15(11-9-13)20-17(21)12-16(18(20)22)19-14-6-4-3-5-7-14/h2,8-11,14,16,19H,1,3-7,12H2. The SMILES string of the molecule is C=Cc1ccc(N2C(=O)CC(NC3CCCCC3)C2=O)cc1. The third-order valence-electron chi connectivity index (χ3n) is 4.58. The van der Waals surface area contributed by atoms with E-state index >= 15 is 0 Å². The molecule has 2 fully saturated rings. The van der Waals surface area contributed by atoms with Crippen LogP contribution in [0.2, 0.25) is 0 Å². The van der Waals surface area contributed by atoms with Gasteiger partial charge in [0, 0.05) is 6.04 Å². The first-order valence-corrected chi connectivity index (χ1v) is 8.04. The summed E-state index contributed by atoms with van der Waals surface area (Å²) in [7, 11) is 0. The van der Waals surface area contributed by atoms with Crippen molar-refractivity contribution in [2.75, 3.05) is 4.90 Å². The molecule has 4 nitrogen and oxygen atoms in total. The van der Waals surface area contributed by atoms with Crippen LogP contribution in [0.25, 0.3) is 6.08 Å². The van der Waals surface area contributed by atoms with Gasteiger partial charge >= 0.3 is 0 Å². The summed E-state index contributed by atoms with van der Waals surface area (Å²) in [5.74, 6) is -0.244. The van der Waals surface area contributed by atoms with Crippen molar-refractivity contribution in [1.82, 2.24) is 5.32 Å². The fourth-order valence-electron chi connectivity index (χ4n) is 3.35. The topological polar surface area (TPSA) is 49.4 Å². The smallest absolute Gasteiger partial charge is 0.251 e. The van der Waals surface area contributed by atoms with Crippen LogP contribution >= 0.6 is 0 Å². The average Bonchev–Trinajstić information content (AvgIpc) is 2.82. The number of nitrogens with zero attached hydrogens (tertiary/aromatic N) is 1. The minimum Gasteiger partial charge on any atom is -0.303 e. The van der Waals surface area contributed by atoms with Crippen molar-refractivity contribution < 1.29 is 9.59 Å². The summed E-state index contributed by atoms with van der Waals surface area (Å²) in [4.78, 5) is 26.1. The number of nitrogens with one attached hydrogen (secondary N) is 1. The zero-order valence-electron chi connectivity index (χ0n) is 12.8. The molecule has 0 radical (unpaired) electrons. The van der Waals surface area contributed by atoms with Crippen molar-refractivity contribution >= 4 is 23.6 Å². The van der Waals surface area contributed by atoms with Crippen LogP contribution in [0.1, 0.15) is 44.1 Å². The molecular formula is C18H22N2O2. The van der Waals surface area contributed by atoms with Crippen LogP contribution < -0.4 is 10.2 Å². The fraction of sp³-hybridized carbons (Fsp3) is 0.444. The lowest BCUT2D eigenvalue weighted by Gasteiger charge is -2.25. The molecule has 2 amide bonds. The molecule has 116 valence electrons. The molecule has 1 saturated heterocycles. The number of imide groups is 1. The van der Waals surface area contributed by atoms with Crippen LogP contribution in [0.15, 0.2) is 30.8 Å². The molecule has 1 atom stereocenters. The van der Waals surface area contributed by atoms with Gasteiger partial charge in [-0.2, -0.15) is 0 Å². The minimum absolute atomic E-state index is 0.121. The maximum atomic E-state index is 12.6. The number of benzene rings is 1. The number of hydrogen-bond acceptors (Lipinski definition) is 3. The molecule has 1 saturated carbocycles. The number of amides is 2. The molecule has 2 aliphatic rings. The normalized spacial score (nSPS) is 23.1. The Bertz CT molecular complexity index is 573. The van der Waals surface area contributed by atoms with E-state index in [4.69, 9.17) is 0 Å². The lowest BCUT2D eigenvalue weighted by atomic mass is 9.95. The Hall–Kier alpha value is -1.94. The lowest BCUT2D eigenvalue weighted by Crippen LogP contribution is -2.44. The van der Waals surface area contributed by atoms with Gasteiger partial charge in [0.25, 0.3) is 5.91 Å². The maximum absolute atomic E-state index is 12.6. The summed E-state index contributed by atoms with van der Waals surface area (Å²) in [6.07, 6.45) is 7.90. The molecule has 1 aromatic carbocycles. The van der Waals surface area contributed by atoms with Gasteiger partial charge in [0.15, 0.2) is 0 Å². The number of anilines is 1. The van der Waals surface area contributed by atoms with Crippen LogP contribution in [0.4, 0.5) is 5.69 Å². The van der Waals surface area contributed by atoms with Crippen molar-refractivity contribution in [3.05, 3.63) is 36.4 Å².